The van der Waals surface area contributed by atoms with Gasteiger partial charge in [-0.05, 0) is 19.1 Å². The van der Waals surface area contributed by atoms with Crippen LogP contribution < -0.4 is 10.3 Å². The molecule has 0 N–H and O–H groups in total. The van der Waals surface area contributed by atoms with E-state index >= 15 is 0 Å². The van der Waals surface area contributed by atoms with Crippen LogP contribution in [0.5, 0.6) is 5.75 Å². The van der Waals surface area contributed by atoms with Crippen LogP contribution in [-0.2, 0) is 44.0 Å². The van der Waals surface area contributed by atoms with Crippen molar-refractivity contribution in [2.45, 2.75) is 27.3 Å². The van der Waals surface area contributed by atoms with Crippen molar-refractivity contribution in [3.8, 4) is 17.0 Å². The second kappa shape index (κ2) is 8.61. The van der Waals surface area contributed by atoms with Crippen molar-refractivity contribution in [1.29, 1.82) is 0 Å². The molecule has 0 amide bonds. The van der Waals surface area contributed by atoms with E-state index in [1.165, 1.54) is 0 Å². The van der Waals surface area contributed by atoms with E-state index in [0.717, 1.165) is 22.6 Å². The third-order valence-electron chi connectivity index (χ3n) is 3.39. The molecule has 1 aromatic heterocycles. The van der Waals surface area contributed by atoms with Gasteiger partial charge in [0.1, 0.15) is 5.75 Å². The predicted molar refractivity (Wildman–Crippen MR) is 82.6 cm³/mol. The van der Waals surface area contributed by atoms with Crippen molar-refractivity contribution in [3.05, 3.63) is 51.8 Å². The first-order chi connectivity index (χ1) is 10.1. The summed E-state index contributed by atoms with van der Waals surface area (Å²) in [7, 11) is 1.59. The average molecular weight is 375 g/mol. The Bertz CT molecular complexity index is 695. The fourth-order valence-corrected chi connectivity index (χ4v) is 2.27. The zero-order valence-corrected chi connectivity index (χ0v) is 16.3. The molecule has 1 heterocycles. The molecule has 0 aliphatic heterocycles. The van der Waals surface area contributed by atoms with E-state index in [4.69, 9.17) is 9.47 Å². The molecular weight excluding hydrogens is 355 g/mol. The monoisotopic (exact) mass is 375 g/mol. The number of hydrogen-bond donors (Lipinski definition) is 0. The van der Waals surface area contributed by atoms with E-state index in [1.54, 1.807) is 17.7 Å². The number of benzene rings is 1. The molecule has 2 aromatic rings. The number of pyridine rings is 1. The summed E-state index contributed by atoms with van der Waals surface area (Å²) in [6.45, 7) is 6.60. The van der Waals surface area contributed by atoms with Crippen LogP contribution in [0.1, 0.15) is 18.1 Å². The molecule has 5 heteroatoms. The standard InChI is InChI=1S/C17H20NO3.Y/c1-5-18-16(9-6-12(2)17(18)19)15-8-7-14(10-13(15)3)21-11-20-4;/h6-8,10H,5,11H2,1-4H3;/q-1;. The Morgan fingerprint density at radius 2 is 1.95 bits per heavy atom. The molecule has 0 fully saturated rings. The number of nitrogens with zero attached hydrogens (tertiary/aromatic N) is 1. The molecule has 2 rings (SSSR count). The summed E-state index contributed by atoms with van der Waals surface area (Å²) in [5, 5.41) is 0. The van der Waals surface area contributed by atoms with Crippen LogP contribution in [0.15, 0.2) is 29.1 Å². The van der Waals surface area contributed by atoms with Gasteiger partial charge in [0, 0.05) is 46.4 Å². The summed E-state index contributed by atoms with van der Waals surface area (Å²) in [6, 6.07) is 10.7. The summed E-state index contributed by atoms with van der Waals surface area (Å²) in [4.78, 5) is 12.2. The molecule has 22 heavy (non-hydrogen) atoms. The molecule has 0 bridgehead atoms. The van der Waals surface area contributed by atoms with Crippen molar-refractivity contribution < 1.29 is 42.2 Å². The van der Waals surface area contributed by atoms with Crippen molar-refractivity contribution >= 4 is 0 Å². The number of hydrogen-bond acceptors (Lipinski definition) is 3. The van der Waals surface area contributed by atoms with Gasteiger partial charge in [-0.3, -0.25) is 4.79 Å². The number of methoxy groups -OCH3 is 1. The first-order valence-corrected chi connectivity index (χ1v) is 6.93. The van der Waals surface area contributed by atoms with Crippen molar-refractivity contribution in [3.63, 3.8) is 0 Å². The maximum atomic E-state index is 12.2. The zero-order valence-electron chi connectivity index (χ0n) is 13.5. The second-order valence-electron chi connectivity index (χ2n) is 4.90. The number of ether oxygens (including phenoxy) is 2. The minimum atomic E-state index is 0. The van der Waals surface area contributed by atoms with Crippen LogP contribution in [0.2, 0.25) is 0 Å². The van der Waals surface area contributed by atoms with E-state index in [9.17, 15) is 4.79 Å². The number of aryl methyl sites for hydroxylation is 2. The summed E-state index contributed by atoms with van der Waals surface area (Å²) in [5.74, 6) is 0.746. The normalized spacial score (nSPS) is 10.2. The molecule has 0 aliphatic carbocycles. The van der Waals surface area contributed by atoms with Crippen LogP contribution in [0, 0.1) is 19.9 Å². The van der Waals surface area contributed by atoms with Gasteiger partial charge < -0.3 is 14.0 Å². The molecule has 0 unspecified atom stereocenters. The fraction of sp³-hybridized carbons (Fsp3) is 0.353. The molecule has 0 spiro atoms. The maximum Gasteiger partial charge on any atom is 0.197 e. The smallest absolute Gasteiger partial charge is 0.197 e. The van der Waals surface area contributed by atoms with Crippen LogP contribution in [0.4, 0.5) is 0 Å². The Labute approximate surface area is 156 Å². The topological polar surface area (TPSA) is 40.5 Å². The molecule has 1 radical (unpaired) electrons. The van der Waals surface area contributed by atoms with Crippen molar-refractivity contribution in [1.82, 2.24) is 4.57 Å². The predicted octanol–water partition coefficient (Wildman–Crippen LogP) is 2.93. The van der Waals surface area contributed by atoms with Crippen LogP contribution in [0.3, 0.4) is 0 Å². The fourth-order valence-electron chi connectivity index (χ4n) is 2.27. The molecule has 0 atom stereocenters. The minimum Gasteiger partial charge on any atom is -0.468 e. The molecule has 0 saturated carbocycles. The van der Waals surface area contributed by atoms with Gasteiger partial charge in [-0.2, -0.15) is 12.1 Å². The van der Waals surface area contributed by atoms with E-state index in [-0.39, 0.29) is 45.1 Å². The number of rotatable bonds is 5. The molecule has 115 valence electrons. The summed E-state index contributed by atoms with van der Waals surface area (Å²) < 4.78 is 12.1. The molecule has 4 nitrogen and oxygen atoms in total. The third kappa shape index (κ3) is 4.06. The number of aromatic nitrogens is 1. The van der Waals surface area contributed by atoms with Crippen molar-refractivity contribution in [2.75, 3.05) is 13.9 Å². The zero-order chi connectivity index (χ0) is 15.4. The van der Waals surface area contributed by atoms with Crippen molar-refractivity contribution in [2.24, 2.45) is 0 Å². The van der Waals surface area contributed by atoms with Gasteiger partial charge in [0.2, 0.25) is 0 Å². The Hall–Kier alpha value is -0.966. The van der Waals surface area contributed by atoms with E-state index in [0.29, 0.717) is 12.1 Å². The summed E-state index contributed by atoms with van der Waals surface area (Å²) >= 11 is 0. The first-order valence-electron chi connectivity index (χ1n) is 6.93. The van der Waals surface area contributed by atoms with Gasteiger partial charge in [0.15, 0.2) is 12.4 Å². The molecular formula is C17H20NO3Y-. The van der Waals surface area contributed by atoms with Crippen LogP contribution >= 0.6 is 0 Å². The SMILES string of the molecule is CCn1c(-c2ccc(OCOC)cc2C)[c-]cc(C)c1=O.[Y]. The minimum absolute atomic E-state index is 0. The van der Waals surface area contributed by atoms with E-state index < -0.39 is 0 Å². The summed E-state index contributed by atoms with van der Waals surface area (Å²) in [6.07, 6.45) is 0. The van der Waals surface area contributed by atoms with Gasteiger partial charge in [-0.15, -0.1) is 6.07 Å². The summed E-state index contributed by atoms with van der Waals surface area (Å²) in [5.41, 5.74) is 3.57. The van der Waals surface area contributed by atoms with Gasteiger partial charge in [-0.25, -0.2) is 0 Å². The molecule has 0 saturated heterocycles. The first kappa shape index (κ1) is 19.1. The Balaban J connectivity index is 0.00000242. The van der Waals surface area contributed by atoms with E-state index in [2.05, 4.69) is 6.07 Å². The van der Waals surface area contributed by atoms with Crippen LogP contribution in [-0.4, -0.2) is 18.5 Å². The van der Waals surface area contributed by atoms with Crippen LogP contribution in [0.25, 0.3) is 11.3 Å². The average Bonchev–Trinajstić information content (AvgIpc) is 2.48. The quantitative estimate of drug-likeness (QED) is 0.596. The Morgan fingerprint density at radius 1 is 1.23 bits per heavy atom. The Morgan fingerprint density at radius 3 is 2.55 bits per heavy atom. The largest absolute Gasteiger partial charge is 0.468 e. The maximum absolute atomic E-state index is 12.2. The Kier molecular flexibility index (Phi) is 7.47. The molecule has 0 aliphatic rings. The second-order valence-corrected chi connectivity index (χ2v) is 4.90. The van der Waals surface area contributed by atoms with Gasteiger partial charge in [0.25, 0.3) is 0 Å². The third-order valence-corrected chi connectivity index (χ3v) is 3.39. The van der Waals surface area contributed by atoms with Gasteiger partial charge in [0.05, 0.1) is 0 Å². The van der Waals surface area contributed by atoms with E-state index in [1.807, 2.05) is 39.0 Å². The molecule has 1 aromatic carbocycles. The van der Waals surface area contributed by atoms with Gasteiger partial charge >= 0.3 is 0 Å². The van der Waals surface area contributed by atoms with Gasteiger partial charge in [-0.1, -0.05) is 36.2 Å².